The third kappa shape index (κ3) is 4.75. The van der Waals surface area contributed by atoms with Crippen LogP contribution in [0.15, 0.2) is 0 Å². The summed E-state index contributed by atoms with van der Waals surface area (Å²) in [6.07, 6.45) is 12.6. The minimum atomic E-state index is 0.129. The van der Waals surface area contributed by atoms with Crippen molar-refractivity contribution in [3.8, 4) is 0 Å². The zero-order chi connectivity index (χ0) is 13.7. The Morgan fingerprint density at radius 3 is 2.53 bits per heavy atom. The highest BCUT2D eigenvalue weighted by molar-refractivity contribution is 4.85. The average Bonchev–Trinajstić information content (AvgIpc) is 2.99. The molecule has 1 saturated carbocycles. The summed E-state index contributed by atoms with van der Waals surface area (Å²) in [5.74, 6) is 0.931. The first-order valence-electron chi connectivity index (χ1n) is 8.52. The summed E-state index contributed by atoms with van der Waals surface area (Å²) in [6, 6.07) is 0.745. The van der Waals surface area contributed by atoms with Gasteiger partial charge in [0, 0.05) is 6.04 Å². The smallest absolute Gasteiger partial charge is 0.0631 e. The van der Waals surface area contributed by atoms with E-state index in [1.54, 1.807) is 0 Å². The van der Waals surface area contributed by atoms with Gasteiger partial charge in [-0.1, -0.05) is 19.8 Å². The molecule has 2 unspecified atom stereocenters. The lowest BCUT2D eigenvalue weighted by atomic mass is 9.92. The van der Waals surface area contributed by atoms with Gasteiger partial charge in [0.2, 0.25) is 0 Å². The summed E-state index contributed by atoms with van der Waals surface area (Å²) in [5.41, 5.74) is 0.129. The summed E-state index contributed by atoms with van der Waals surface area (Å²) in [5, 5.41) is 3.80. The number of nitrogens with one attached hydrogen (secondary N) is 1. The van der Waals surface area contributed by atoms with E-state index in [1.807, 2.05) is 0 Å². The fraction of sp³-hybridized carbons (Fsp3) is 1.00. The van der Waals surface area contributed by atoms with Gasteiger partial charge in [-0.05, 0) is 71.3 Å². The monoisotopic (exact) mass is 267 g/mol. The second-order valence-corrected chi connectivity index (χ2v) is 7.22. The average molecular weight is 267 g/mol. The molecule has 2 nitrogen and oxygen atoms in total. The van der Waals surface area contributed by atoms with Gasteiger partial charge >= 0.3 is 0 Å². The minimum Gasteiger partial charge on any atom is -0.372 e. The van der Waals surface area contributed by atoms with Crippen molar-refractivity contribution in [2.75, 3.05) is 6.54 Å². The summed E-state index contributed by atoms with van der Waals surface area (Å²) >= 11 is 0. The van der Waals surface area contributed by atoms with E-state index in [0.717, 1.165) is 12.0 Å². The fourth-order valence-electron chi connectivity index (χ4n) is 3.84. The molecule has 1 heterocycles. The lowest BCUT2D eigenvalue weighted by molar-refractivity contribution is -0.0204. The highest BCUT2D eigenvalue weighted by atomic mass is 16.5. The van der Waals surface area contributed by atoms with Gasteiger partial charge in [0.1, 0.15) is 0 Å². The van der Waals surface area contributed by atoms with Crippen LogP contribution in [0.4, 0.5) is 0 Å². The number of rotatable bonds is 7. The van der Waals surface area contributed by atoms with Crippen molar-refractivity contribution in [2.24, 2.45) is 5.92 Å². The predicted molar refractivity (Wildman–Crippen MR) is 81.5 cm³/mol. The summed E-state index contributed by atoms with van der Waals surface area (Å²) in [4.78, 5) is 0. The number of ether oxygens (including phenoxy) is 1. The molecule has 0 aromatic rings. The SMILES string of the molecule is CCCNC(CCC1CCC(C)(C)O1)C1CCCC1. The quantitative estimate of drug-likeness (QED) is 0.743. The van der Waals surface area contributed by atoms with Gasteiger partial charge in [-0.2, -0.15) is 0 Å². The highest BCUT2D eigenvalue weighted by Gasteiger charge is 2.32. The van der Waals surface area contributed by atoms with Gasteiger partial charge in [0.15, 0.2) is 0 Å². The molecule has 0 radical (unpaired) electrons. The van der Waals surface area contributed by atoms with Crippen LogP contribution in [-0.4, -0.2) is 24.3 Å². The molecule has 19 heavy (non-hydrogen) atoms. The van der Waals surface area contributed by atoms with Gasteiger partial charge in [-0.15, -0.1) is 0 Å². The second kappa shape index (κ2) is 7.08. The van der Waals surface area contributed by atoms with E-state index in [4.69, 9.17) is 4.74 Å². The highest BCUT2D eigenvalue weighted by Crippen LogP contribution is 2.34. The van der Waals surface area contributed by atoms with Gasteiger partial charge < -0.3 is 10.1 Å². The first-order valence-corrected chi connectivity index (χ1v) is 8.52. The molecule has 1 saturated heterocycles. The largest absolute Gasteiger partial charge is 0.372 e. The van der Waals surface area contributed by atoms with Crippen molar-refractivity contribution in [2.45, 2.75) is 96.3 Å². The van der Waals surface area contributed by atoms with E-state index in [1.165, 1.54) is 64.3 Å². The lowest BCUT2D eigenvalue weighted by Gasteiger charge is -2.26. The fourth-order valence-corrected chi connectivity index (χ4v) is 3.84. The molecule has 0 spiro atoms. The molecule has 0 amide bonds. The van der Waals surface area contributed by atoms with Crippen LogP contribution in [0.2, 0.25) is 0 Å². The van der Waals surface area contributed by atoms with E-state index in [2.05, 4.69) is 26.1 Å². The molecule has 0 aromatic heterocycles. The maximum atomic E-state index is 6.14. The maximum absolute atomic E-state index is 6.14. The Labute approximate surface area is 119 Å². The summed E-state index contributed by atoms with van der Waals surface area (Å²) in [6.45, 7) is 7.91. The molecule has 2 rings (SSSR count). The first kappa shape index (κ1) is 15.3. The van der Waals surface area contributed by atoms with Crippen molar-refractivity contribution in [3.63, 3.8) is 0 Å². The molecular formula is C17H33NO. The second-order valence-electron chi connectivity index (χ2n) is 7.22. The Morgan fingerprint density at radius 2 is 1.95 bits per heavy atom. The van der Waals surface area contributed by atoms with Gasteiger partial charge in [0.25, 0.3) is 0 Å². The van der Waals surface area contributed by atoms with E-state index < -0.39 is 0 Å². The van der Waals surface area contributed by atoms with Gasteiger partial charge in [-0.25, -0.2) is 0 Å². The molecular weight excluding hydrogens is 234 g/mol. The van der Waals surface area contributed by atoms with Crippen LogP contribution in [0.25, 0.3) is 0 Å². The Morgan fingerprint density at radius 1 is 1.21 bits per heavy atom. The standard InChI is InChI=1S/C17H33NO/c1-4-13-18-16(14-7-5-6-8-14)10-9-15-11-12-17(2,3)19-15/h14-16,18H,4-13H2,1-3H3. The normalized spacial score (nSPS) is 28.9. The summed E-state index contributed by atoms with van der Waals surface area (Å²) < 4.78 is 6.14. The molecule has 0 bridgehead atoms. The Bertz CT molecular complexity index is 258. The van der Waals surface area contributed by atoms with Crippen LogP contribution >= 0.6 is 0 Å². The van der Waals surface area contributed by atoms with Gasteiger partial charge in [-0.3, -0.25) is 0 Å². The maximum Gasteiger partial charge on any atom is 0.0631 e. The van der Waals surface area contributed by atoms with Crippen LogP contribution in [0.1, 0.15) is 78.6 Å². The van der Waals surface area contributed by atoms with Crippen molar-refractivity contribution < 1.29 is 4.74 Å². The molecule has 2 atom stereocenters. The zero-order valence-corrected chi connectivity index (χ0v) is 13.2. The van der Waals surface area contributed by atoms with Crippen molar-refractivity contribution in [3.05, 3.63) is 0 Å². The number of hydrogen-bond donors (Lipinski definition) is 1. The third-order valence-corrected chi connectivity index (χ3v) is 4.98. The predicted octanol–water partition coefficient (Wildman–Crippen LogP) is 4.28. The van der Waals surface area contributed by atoms with E-state index in [-0.39, 0.29) is 5.60 Å². The topological polar surface area (TPSA) is 21.3 Å². The van der Waals surface area contributed by atoms with Crippen LogP contribution < -0.4 is 5.32 Å². The minimum absolute atomic E-state index is 0.129. The van der Waals surface area contributed by atoms with E-state index in [0.29, 0.717) is 6.10 Å². The van der Waals surface area contributed by atoms with E-state index in [9.17, 15) is 0 Å². The van der Waals surface area contributed by atoms with Crippen LogP contribution in [0, 0.1) is 5.92 Å². The number of hydrogen-bond acceptors (Lipinski definition) is 2. The van der Waals surface area contributed by atoms with Crippen molar-refractivity contribution in [1.29, 1.82) is 0 Å². The molecule has 1 aliphatic heterocycles. The Hall–Kier alpha value is -0.0800. The lowest BCUT2D eigenvalue weighted by Crippen LogP contribution is -2.36. The third-order valence-electron chi connectivity index (χ3n) is 4.98. The molecule has 2 aliphatic rings. The van der Waals surface area contributed by atoms with Crippen LogP contribution in [-0.2, 0) is 4.74 Å². The van der Waals surface area contributed by atoms with E-state index >= 15 is 0 Å². The molecule has 2 heteroatoms. The first-order chi connectivity index (χ1) is 9.11. The summed E-state index contributed by atoms with van der Waals surface area (Å²) in [7, 11) is 0. The molecule has 0 aromatic carbocycles. The zero-order valence-electron chi connectivity index (χ0n) is 13.2. The molecule has 112 valence electrons. The van der Waals surface area contributed by atoms with Gasteiger partial charge in [0.05, 0.1) is 11.7 Å². The molecule has 1 aliphatic carbocycles. The van der Waals surface area contributed by atoms with Crippen LogP contribution in [0.3, 0.4) is 0 Å². The molecule has 1 N–H and O–H groups in total. The Kier molecular flexibility index (Phi) is 5.70. The van der Waals surface area contributed by atoms with Crippen LogP contribution in [0.5, 0.6) is 0 Å². The van der Waals surface area contributed by atoms with Crippen molar-refractivity contribution in [1.82, 2.24) is 5.32 Å². The molecule has 2 fully saturated rings. The Balaban J connectivity index is 1.75. The van der Waals surface area contributed by atoms with Crippen molar-refractivity contribution >= 4 is 0 Å².